The molecular formula is C15H13BrF2N2. The Labute approximate surface area is 124 Å². The van der Waals surface area contributed by atoms with Crippen LogP contribution in [0, 0.1) is 11.6 Å². The highest BCUT2D eigenvalue weighted by atomic mass is 79.9. The van der Waals surface area contributed by atoms with Crippen LogP contribution in [-0.2, 0) is 6.42 Å². The number of nitrogen functional groups attached to an aromatic ring is 1. The number of benzene rings is 2. The third-order valence-corrected chi connectivity index (χ3v) is 4.20. The van der Waals surface area contributed by atoms with Crippen LogP contribution in [0.25, 0.3) is 0 Å². The molecule has 3 rings (SSSR count). The second-order valence-corrected chi connectivity index (χ2v) is 5.79. The Balaban J connectivity index is 1.91. The average Bonchev–Trinajstić information content (AvgIpc) is 2.76. The summed E-state index contributed by atoms with van der Waals surface area (Å²) in [4.78, 5) is 0. The van der Waals surface area contributed by atoms with Gasteiger partial charge in [-0.15, -0.1) is 0 Å². The van der Waals surface area contributed by atoms with Gasteiger partial charge in [-0.05, 0) is 58.1 Å². The summed E-state index contributed by atoms with van der Waals surface area (Å²) in [5, 5.41) is 3.15. The summed E-state index contributed by atoms with van der Waals surface area (Å²) in [5.74, 6) is -1.19. The summed E-state index contributed by atoms with van der Waals surface area (Å²) >= 11 is 3.19. The zero-order valence-corrected chi connectivity index (χ0v) is 12.2. The van der Waals surface area contributed by atoms with E-state index in [0.29, 0.717) is 10.2 Å². The smallest absolute Gasteiger partial charge is 0.150 e. The lowest BCUT2D eigenvalue weighted by atomic mass is 10.1. The molecule has 104 valence electrons. The molecule has 5 heteroatoms. The van der Waals surface area contributed by atoms with Gasteiger partial charge in [0.05, 0.1) is 11.7 Å². The van der Waals surface area contributed by atoms with Gasteiger partial charge >= 0.3 is 0 Å². The van der Waals surface area contributed by atoms with E-state index in [9.17, 15) is 8.78 Å². The second-order valence-electron chi connectivity index (χ2n) is 4.94. The van der Waals surface area contributed by atoms with Crippen molar-refractivity contribution in [3.63, 3.8) is 0 Å². The normalized spacial score (nSPS) is 17.1. The van der Waals surface area contributed by atoms with Crippen LogP contribution in [0.15, 0.2) is 34.8 Å². The number of nitrogens with one attached hydrogen (secondary N) is 1. The van der Waals surface area contributed by atoms with E-state index in [-0.39, 0.29) is 6.04 Å². The van der Waals surface area contributed by atoms with E-state index in [1.54, 1.807) is 0 Å². The predicted molar refractivity (Wildman–Crippen MR) is 79.6 cm³/mol. The molecule has 0 amide bonds. The van der Waals surface area contributed by atoms with Crippen molar-refractivity contribution in [3.05, 3.63) is 57.6 Å². The zero-order valence-electron chi connectivity index (χ0n) is 10.6. The van der Waals surface area contributed by atoms with Crippen molar-refractivity contribution in [1.29, 1.82) is 0 Å². The molecule has 3 N–H and O–H groups in total. The first-order valence-corrected chi connectivity index (χ1v) is 7.13. The quantitative estimate of drug-likeness (QED) is 0.796. The third-order valence-electron chi connectivity index (χ3n) is 3.57. The van der Waals surface area contributed by atoms with Gasteiger partial charge in [-0.1, -0.05) is 6.07 Å². The Morgan fingerprint density at radius 2 is 2.00 bits per heavy atom. The van der Waals surface area contributed by atoms with E-state index < -0.39 is 11.6 Å². The lowest BCUT2D eigenvalue weighted by Crippen LogP contribution is -2.09. The van der Waals surface area contributed by atoms with Crippen LogP contribution < -0.4 is 11.1 Å². The number of aryl methyl sites for hydroxylation is 1. The SMILES string of the molecule is Nc1ccc2c(c1)CCC2Nc1c(F)cc(F)cc1Br. The molecule has 0 fully saturated rings. The van der Waals surface area contributed by atoms with Gasteiger partial charge < -0.3 is 11.1 Å². The van der Waals surface area contributed by atoms with Crippen molar-refractivity contribution in [1.82, 2.24) is 0 Å². The number of halogens is 3. The summed E-state index contributed by atoms with van der Waals surface area (Å²) < 4.78 is 27.3. The van der Waals surface area contributed by atoms with E-state index in [1.807, 2.05) is 18.2 Å². The molecule has 0 aromatic heterocycles. The molecule has 2 aromatic carbocycles. The molecule has 0 spiro atoms. The highest BCUT2D eigenvalue weighted by Gasteiger charge is 2.24. The maximum Gasteiger partial charge on any atom is 0.150 e. The van der Waals surface area contributed by atoms with Gasteiger partial charge in [0.1, 0.15) is 11.6 Å². The molecule has 0 aliphatic heterocycles. The molecule has 1 aliphatic carbocycles. The van der Waals surface area contributed by atoms with Crippen LogP contribution in [0.1, 0.15) is 23.6 Å². The molecule has 2 nitrogen and oxygen atoms in total. The first-order valence-electron chi connectivity index (χ1n) is 6.34. The Morgan fingerprint density at radius 3 is 2.75 bits per heavy atom. The lowest BCUT2D eigenvalue weighted by Gasteiger charge is -2.17. The minimum Gasteiger partial charge on any atom is -0.399 e. The van der Waals surface area contributed by atoms with Crippen molar-refractivity contribution >= 4 is 27.3 Å². The fourth-order valence-corrected chi connectivity index (χ4v) is 3.16. The molecule has 0 bridgehead atoms. The van der Waals surface area contributed by atoms with Crippen LogP contribution in [0.4, 0.5) is 20.2 Å². The summed E-state index contributed by atoms with van der Waals surface area (Å²) in [5.41, 5.74) is 9.09. The molecule has 1 aliphatic rings. The fourth-order valence-electron chi connectivity index (χ4n) is 2.64. The van der Waals surface area contributed by atoms with E-state index in [4.69, 9.17) is 5.73 Å². The van der Waals surface area contributed by atoms with Crippen LogP contribution in [-0.4, -0.2) is 0 Å². The Hall–Kier alpha value is -1.62. The monoisotopic (exact) mass is 338 g/mol. The highest BCUT2D eigenvalue weighted by Crippen LogP contribution is 2.37. The second kappa shape index (κ2) is 5.05. The summed E-state index contributed by atoms with van der Waals surface area (Å²) in [6.07, 6.45) is 1.76. The summed E-state index contributed by atoms with van der Waals surface area (Å²) in [7, 11) is 0. The molecule has 1 atom stereocenters. The summed E-state index contributed by atoms with van der Waals surface area (Å²) in [6, 6.07) is 7.91. The number of fused-ring (bicyclic) bond motifs is 1. The standard InChI is InChI=1S/C15H13BrF2N2/c16-12-6-9(17)7-13(18)15(12)20-14-4-1-8-5-10(19)2-3-11(8)14/h2-3,5-7,14,20H,1,4,19H2. The molecule has 0 saturated carbocycles. The van der Waals surface area contributed by atoms with E-state index in [2.05, 4.69) is 21.2 Å². The van der Waals surface area contributed by atoms with Gasteiger partial charge in [-0.2, -0.15) is 0 Å². The topological polar surface area (TPSA) is 38.0 Å². The molecule has 0 radical (unpaired) electrons. The van der Waals surface area contributed by atoms with Crippen molar-refractivity contribution in [2.45, 2.75) is 18.9 Å². The zero-order chi connectivity index (χ0) is 14.3. The van der Waals surface area contributed by atoms with Crippen molar-refractivity contribution in [2.75, 3.05) is 11.1 Å². The lowest BCUT2D eigenvalue weighted by molar-refractivity contribution is 0.581. The number of rotatable bonds is 2. The van der Waals surface area contributed by atoms with Gasteiger partial charge in [-0.25, -0.2) is 8.78 Å². The van der Waals surface area contributed by atoms with Crippen molar-refractivity contribution < 1.29 is 8.78 Å². The minimum atomic E-state index is -0.598. The highest BCUT2D eigenvalue weighted by molar-refractivity contribution is 9.10. The van der Waals surface area contributed by atoms with Gasteiger partial charge in [-0.3, -0.25) is 0 Å². The van der Waals surface area contributed by atoms with Gasteiger partial charge in [0, 0.05) is 16.2 Å². The Morgan fingerprint density at radius 1 is 1.20 bits per heavy atom. The van der Waals surface area contributed by atoms with E-state index in [1.165, 1.54) is 11.6 Å². The Kier molecular flexibility index (Phi) is 3.38. The minimum absolute atomic E-state index is 0.0156. The van der Waals surface area contributed by atoms with Crippen LogP contribution in [0.2, 0.25) is 0 Å². The van der Waals surface area contributed by atoms with E-state index in [0.717, 1.165) is 30.2 Å². The molecule has 20 heavy (non-hydrogen) atoms. The van der Waals surface area contributed by atoms with Gasteiger partial charge in [0.2, 0.25) is 0 Å². The number of hydrogen-bond acceptors (Lipinski definition) is 2. The van der Waals surface area contributed by atoms with Crippen molar-refractivity contribution in [2.24, 2.45) is 0 Å². The molecule has 2 aromatic rings. The average molecular weight is 339 g/mol. The maximum atomic E-state index is 13.9. The van der Waals surface area contributed by atoms with Gasteiger partial charge in [0.25, 0.3) is 0 Å². The molecular weight excluding hydrogens is 326 g/mol. The molecule has 0 heterocycles. The number of hydrogen-bond donors (Lipinski definition) is 2. The van der Waals surface area contributed by atoms with Crippen LogP contribution in [0.5, 0.6) is 0 Å². The van der Waals surface area contributed by atoms with Crippen molar-refractivity contribution in [3.8, 4) is 0 Å². The molecule has 0 saturated heterocycles. The Bertz CT molecular complexity index is 650. The molecule has 1 unspecified atom stereocenters. The first-order chi connectivity index (χ1) is 9.54. The largest absolute Gasteiger partial charge is 0.399 e. The number of nitrogens with two attached hydrogens (primary N) is 1. The number of anilines is 2. The van der Waals surface area contributed by atoms with Crippen LogP contribution in [0.3, 0.4) is 0 Å². The fraction of sp³-hybridized carbons (Fsp3) is 0.200. The maximum absolute atomic E-state index is 13.9. The third kappa shape index (κ3) is 2.38. The van der Waals surface area contributed by atoms with Gasteiger partial charge in [0.15, 0.2) is 0 Å². The first kappa shape index (κ1) is 13.4. The van der Waals surface area contributed by atoms with Crippen LogP contribution >= 0.6 is 15.9 Å². The summed E-state index contributed by atoms with van der Waals surface area (Å²) in [6.45, 7) is 0. The predicted octanol–water partition coefficient (Wildman–Crippen LogP) is 4.41. The van der Waals surface area contributed by atoms with E-state index >= 15 is 0 Å².